The molecule has 1 saturated carbocycles. The quantitative estimate of drug-likeness (QED) is 0.0796. The number of para-hydroxylation sites is 2. The summed E-state index contributed by atoms with van der Waals surface area (Å²) in [4.78, 5) is 2.59. The van der Waals surface area contributed by atoms with E-state index in [0.29, 0.717) is 11.8 Å². The Balaban J connectivity index is 0.675. The zero-order valence-corrected chi connectivity index (χ0v) is 65.9. The van der Waals surface area contributed by atoms with Crippen molar-refractivity contribution in [2.75, 3.05) is 4.90 Å². The molecule has 0 spiro atoms. The molecule has 14 aromatic rings. The van der Waals surface area contributed by atoms with Crippen molar-refractivity contribution < 1.29 is 4.42 Å². The number of unbranched alkanes of at least 4 members (excludes halogenated alkanes) is 8. The predicted molar refractivity (Wildman–Crippen MR) is 463 cm³/mol. The number of rotatable bonds is 18. The molecule has 2 nitrogen and oxygen atoms in total. The van der Waals surface area contributed by atoms with Gasteiger partial charge in [0.25, 0.3) is 0 Å². The van der Waals surface area contributed by atoms with Gasteiger partial charge in [-0.25, -0.2) is 0 Å². The van der Waals surface area contributed by atoms with Crippen LogP contribution in [0.4, 0.5) is 17.1 Å². The highest BCUT2D eigenvalue weighted by Gasteiger charge is 2.55. The summed E-state index contributed by atoms with van der Waals surface area (Å²) in [5.74, 6) is 1.10. The summed E-state index contributed by atoms with van der Waals surface area (Å²) in [5, 5.41) is 2.35. The maximum absolute atomic E-state index is 7.29. The van der Waals surface area contributed by atoms with Crippen LogP contribution in [0.15, 0.2) is 253 Å². The number of furan rings is 1. The molecular weight excluding hydrogens is 1330 g/mol. The van der Waals surface area contributed by atoms with Crippen molar-refractivity contribution in [2.24, 2.45) is 0 Å². The van der Waals surface area contributed by atoms with Gasteiger partial charge >= 0.3 is 0 Å². The molecule has 0 amide bonds. The molecule has 110 heavy (non-hydrogen) atoms. The van der Waals surface area contributed by atoms with Crippen molar-refractivity contribution in [3.05, 3.63) is 315 Å². The molecule has 13 aromatic carbocycles. The molecule has 7 aliphatic rings. The van der Waals surface area contributed by atoms with E-state index in [1.54, 1.807) is 22.3 Å². The molecule has 0 saturated heterocycles. The Bertz CT molecular complexity index is 6180. The summed E-state index contributed by atoms with van der Waals surface area (Å²) >= 11 is 0. The van der Waals surface area contributed by atoms with Crippen molar-refractivity contribution in [1.82, 2.24) is 0 Å². The average molecular weight is 1430 g/mol. The van der Waals surface area contributed by atoms with Gasteiger partial charge in [0.15, 0.2) is 0 Å². The van der Waals surface area contributed by atoms with Crippen LogP contribution < -0.4 is 4.90 Å². The normalized spacial score (nSPS) is 17.4. The minimum absolute atomic E-state index is 0.0298. The summed E-state index contributed by atoms with van der Waals surface area (Å²) in [6, 6.07) is 97.1. The van der Waals surface area contributed by atoms with Crippen molar-refractivity contribution in [3.8, 4) is 100 Å². The zero-order valence-electron chi connectivity index (χ0n) is 65.9. The molecule has 1 aromatic heterocycles. The summed E-state index contributed by atoms with van der Waals surface area (Å²) in [5.41, 5.74) is 45.9. The second kappa shape index (κ2) is 24.7. The molecule has 1 fully saturated rings. The Morgan fingerprint density at radius 3 is 1.52 bits per heavy atom. The van der Waals surface area contributed by atoms with Crippen LogP contribution in [0.1, 0.15) is 231 Å². The van der Waals surface area contributed by atoms with E-state index in [2.05, 4.69) is 323 Å². The third-order valence-electron chi connectivity index (χ3n) is 28.4. The number of benzene rings is 13. The van der Waals surface area contributed by atoms with E-state index in [1.807, 2.05) is 0 Å². The number of fused-ring (bicyclic) bond motifs is 28. The van der Waals surface area contributed by atoms with Crippen molar-refractivity contribution >= 4 is 39.0 Å². The lowest BCUT2D eigenvalue weighted by Crippen LogP contribution is -2.25. The van der Waals surface area contributed by atoms with Gasteiger partial charge in [0.05, 0.1) is 5.69 Å². The maximum atomic E-state index is 7.29. The fourth-order valence-electron chi connectivity index (χ4n) is 22.9. The Labute approximate surface area is 651 Å². The monoisotopic (exact) mass is 1430 g/mol. The molecule has 2 unspecified atom stereocenters. The minimum atomic E-state index is -0.402. The highest BCUT2D eigenvalue weighted by Crippen LogP contribution is 2.72. The summed E-state index contributed by atoms with van der Waals surface area (Å²) < 4.78 is 7.29. The fraction of sp³-hybridized carbons (Fsp3) is 0.278. The van der Waals surface area contributed by atoms with Crippen LogP contribution in [0.5, 0.6) is 0 Å². The van der Waals surface area contributed by atoms with Crippen LogP contribution in [0, 0.1) is 0 Å². The first kappa shape index (κ1) is 67.6. The summed E-state index contributed by atoms with van der Waals surface area (Å²) in [7, 11) is 0. The Morgan fingerprint density at radius 1 is 0.327 bits per heavy atom. The van der Waals surface area contributed by atoms with Crippen LogP contribution in [0.2, 0.25) is 0 Å². The number of hydrogen-bond acceptors (Lipinski definition) is 2. The summed E-state index contributed by atoms with van der Waals surface area (Å²) in [6.45, 7) is 24.6. The van der Waals surface area contributed by atoms with E-state index >= 15 is 0 Å². The van der Waals surface area contributed by atoms with Crippen LogP contribution in [0.25, 0.3) is 122 Å². The first-order valence-electron chi connectivity index (χ1n) is 41.7. The Kier molecular flexibility index (Phi) is 15.2. The molecule has 2 atom stereocenters. The lowest BCUT2D eigenvalue weighted by Gasteiger charge is -2.34. The molecule has 21 rings (SSSR count). The number of nitrogens with zero attached hydrogens (tertiary/aromatic N) is 1. The number of hydrogen-bond donors (Lipinski definition) is 0. The maximum Gasteiger partial charge on any atom is 0.143 e. The minimum Gasteiger partial charge on any atom is -0.455 e. The second-order valence-electron chi connectivity index (χ2n) is 35.9. The van der Waals surface area contributed by atoms with Gasteiger partial charge in [-0.15, -0.1) is 0 Å². The first-order valence-corrected chi connectivity index (χ1v) is 41.7. The Hall–Kier alpha value is -10.5. The number of anilines is 3. The molecule has 0 radical (unpaired) electrons. The van der Waals surface area contributed by atoms with E-state index in [-0.39, 0.29) is 21.7 Å². The van der Waals surface area contributed by atoms with Gasteiger partial charge in [-0.3, -0.25) is 0 Å². The van der Waals surface area contributed by atoms with E-state index in [1.165, 1.54) is 228 Å². The molecule has 2 heteroatoms. The highest BCUT2D eigenvalue weighted by atomic mass is 16.3. The third-order valence-corrected chi connectivity index (χ3v) is 28.4. The van der Waals surface area contributed by atoms with Gasteiger partial charge < -0.3 is 9.32 Å². The van der Waals surface area contributed by atoms with E-state index in [4.69, 9.17) is 4.42 Å². The van der Waals surface area contributed by atoms with Crippen LogP contribution in [0.3, 0.4) is 0 Å². The van der Waals surface area contributed by atoms with Crippen LogP contribution in [-0.4, -0.2) is 0 Å². The topological polar surface area (TPSA) is 16.4 Å². The van der Waals surface area contributed by atoms with Gasteiger partial charge in [0.1, 0.15) is 11.2 Å². The lowest BCUT2D eigenvalue weighted by atomic mass is 9.69. The third kappa shape index (κ3) is 9.59. The molecule has 0 bridgehead atoms. The molecular formula is C108H99NO. The lowest BCUT2D eigenvalue weighted by molar-refractivity contribution is 0.399. The first-order chi connectivity index (χ1) is 53.5. The van der Waals surface area contributed by atoms with E-state index < -0.39 is 5.41 Å². The molecule has 0 N–H and O–H groups in total. The zero-order chi connectivity index (χ0) is 74.5. The van der Waals surface area contributed by atoms with Crippen molar-refractivity contribution in [1.29, 1.82) is 0 Å². The molecule has 542 valence electrons. The molecule has 7 aliphatic carbocycles. The van der Waals surface area contributed by atoms with Gasteiger partial charge in [-0.2, -0.15) is 0 Å². The fourth-order valence-corrected chi connectivity index (χ4v) is 22.9. The SMILES string of the molecule is CCCCCCCC1(CCCCCCC)c2ccccc2-c2ccc(-c3ccc4c(c3)C(C)(C)c3cc(-c5cc6c(c7c5oc5ccccc57)-c5ccc(N(c7ccc8c(c7)C(C)(C)c7c-8c8c(c9c7C(C)(C)c7ccccc7-9)C7CC7c7ccccc7-8)c7ccccc7-c7ccccc7)cc5C6(C)C)ccc3-4)cc21. The van der Waals surface area contributed by atoms with Gasteiger partial charge in [0, 0.05) is 60.3 Å². The Morgan fingerprint density at radius 2 is 0.818 bits per heavy atom. The second-order valence-corrected chi connectivity index (χ2v) is 35.9. The van der Waals surface area contributed by atoms with E-state index in [0.717, 1.165) is 39.2 Å². The van der Waals surface area contributed by atoms with Gasteiger partial charge in [-0.1, -0.05) is 322 Å². The highest BCUT2D eigenvalue weighted by molar-refractivity contribution is 6.19. The van der Waals surface area contributed by atoms with Gasteiger partial charge in [-0.05, 0) is 248 Å². The van der Waals surface area contributed by atoms with Crippen LogP contribution in [-0.2, 0) is 27.1 Å². The van der Waals surface area contributed by atoms with Gasteiger partial charge in [0.2, 0.25) is 0 Å². The average Bonchev–Trinajstić information content (AvgIpc) is 1.49. The van der Waals surface area contributed by atoms with Crippen molar-refractivity contribution in [3.63, 3.8) is 0 Å². The standard InChI is InChI=1S/C108H99NO/c1-11-13-15-17-32-56-108(57-33-18-16-14-12-2)86-43-29-24-38-73(86)76-52-47-67(59-91(76)108)66-46-51-74-75-53-48-68(60-88(75)104(3,4)87(74)58-66)82-64-92-95(100-81-41-27-31-45-94(81)110-103(82)100)79-54-49-69(61-89(79)105(92,5)6)109(93-44-30-26-36-71(93)65-34-20-19-21-35-65)70-50-55-80-90(62-70)107(9,10)102-99(80)96-77-39-23-22-37-72(77)83-63-84(83)97(96)98-78-40-25-28-42-85(78)106(7,8)101(98)102/h19-31,34-55,58-62,64,83-84H,11-18,32-33,56-57,63H2,1-10H3. The molecule has 0 aliphatic heterocycles. The van der Waals surface area contributed by atoms with Crippen molar-refractivity contribution in [2.45, 2.75) is 192 Å². The molecule has 1 heterocycles. The van der Waals surface area contributed by atoms with E-state index in [9.17, 15) is 0 Å². The largest absolute Gasteiger partial charge is 0.455 e. The smallest absolute Gasteiger partial charge is 0.143 e. The summed E-state index contributed by atoms with van der Waals surface area (Å²) in [6.07, 6.45) is 16.7. The predicted octanol–water partition coefficient (Wildman–Crippen LogP) is 30.5. The van der Waals surface area contributed by atoms with Crippen LogP contribution >= 0.6 is 0 Å².